The Morgan fingerprint density at radius 3 is 2.47 bits per heavy atom. The van der Waals surface area contributed by atoms with Crippen molar-refractivity contribution in [3.63, 3.8) is 0 Å². The van der Waals surface area contributed by atoms with Gasteiger partial charge in [0.05, 0.1) is 11.4 Å². The van der Waals surface area contributed by atoms with Gasteiger partial charge < -0.3 is 0 Å². The molecule has 0 fully saturated rings. The molecule has 0 saturated heterocycles. The van der Waals surface area contributed by atoms with E-state index in [0.29, 0.717) is 11.4 Å². The number of benzene rings is 1. The summed E-state index contributed by atoms with van der Waals surface area (Å²) in [4.78, 5) is 0.336. The van der Waals surface area contributed by atoms with Crippen LogP contribution in [0.2, 0.25) is 0 Å². The average Bonchev–Trinajstić information content (AvgIpc) is 2.58. The van der Waals surface area contributed by atoms with Crippen LogP contribution < -0.4 is 0 Å². The first-order chi connectivity index (χ1) is 8.10. The second-order valence-corrected chi connectivity index (χ2v) is 5.87. The topological polar surface area (TPSA) is 37.4 Å². The van der Waals surface area contributed by atoms with Crippen molar-refractivity contribution in [2.24, 2.45) is 0 Å². The summed E-state index contributed by atoms with van der Waals surface area (Å²) in [5.74, 6) is 0. The summed E-state index contributed by atoms with van der Waals surface area (Å²) in [7, 11) is -3.41. The lowest BCUT2D eigenvalue weighted by molar-refractivity contribution is 0.523. The lowest BCUT2D eigenvalue weighted by Gasteiger charge is -2.18. The number of aryl methyl sites for hydroxylation is 1. The average molecular weight is 249 g/mol. The Morgan fingerprint density at radius 2 is 1.76 bits per heavy atom. The predicted molar refractivity (Wildman–Crippen MR) is 68.0 cm³/mol. The van der Waals surface area contributed by atoms with Crippen LogP contribution in [0.5, 0.6) is 0 Å². The Balaban J connectivity index is 2.35. The minimum absolute atomic E-state index is 0.336. The van der Waals surface area contributed by atoms with Crippen molar-refractivity contribution in [1.82, 2.24) is 4.31 Å². The quantitative estimate of drug-likeness (QED) is 0.755. The fraction of sp³-hybridized carbons (Fsp3) is 0.231. The van der Waals surface area contributed by atoms with Gasteiger partial charge in [-0.3, -0.25) is 4.31 Å². The number of hydrogen-bond donors (Lipinski definition) is 0. The van der Waals surface area contributed by atoms with E-state index in [1.807, 2.05) is 37.3 Å². The molecule has 1 aliphatic rings. The summed E-state index contributed by atoms with van der Waals surface area (Å²) < 4.78 is 25.9. The van der Waals surface area contributed by atoms with Crippen molar-refractivity contribution < 1.29 is 8.42 Å². The molecule has 1 aromatic rings. The van der Waals surface area contributed by atoms with Crippen molar-refractivity contribution in [1.29, 1.82) is 0 Å². The molecule has 0 atom stereocenters. The highest BCUT2D eigenvalue weighted by Gasteiger charge is 2.20. The van der Waals surface area contributed by atoms with E-state index in [9.17, 15) is 8.42 Å². The molecule has 17 heavy (non-hydrogen) atoms. The van der Waals surface area contributed by atoms with E-state index in [2.05, 4.69) is 0 Å². The molecule has 3 nitrogen and oxygen atoms in total. The Hall–Kier alpha value is -1.55. The Labute approximate surface area is 102 Å². The first-order valence-electron chi connectivity index (χ1n) is 5.51. The number of sulfonamides is 1. The molecule has 1 aromatic carbocycles. The zero-order valence-electron chi connectivity index (χ0n) is 9.70. The minimum atomic E-state index is -3.41. The Bertz CT molecular complexity index is 541. The van der Waals surface area contributed by atoms with Crippen LogP contribution in [-0.4, -0.2) is 19.3 Å². The predicted octanol–water partition coefficient (Wildman–Crippen LogP) is 2.46. The van der Waals surface area contributed by atoms with Crippen LogP contribution in [0.3, 0.4) is 0 Å². The number of nitrogens with zero attached hydrogens (tertiary/aromatic N) is 1. The van der Waals surface area contributed by atoms with E-state index in [4.69, 9.17) is 0 Å². The van der Waals surface area contributed by atoms with Crippen molar-refractivity contribution in [3.05, 3.63) is 54.3 Å². The summed E-state index contributed by atoms with van der Waals surface area (Å²) in [5.41, 5.74) is 1.05. The monoisotopic (exact) mass is 249 g/mol. The van der Waals surface area contributed by atoms with Crippen LogP contribution >= 0.6 is 0 Å². The van der Waals surface area contributed by atoms with Crippen molar-refractivity contribution in [2.75, 3.05) is 6.54 Å². The summed E-state index contributed by atoms with van der Waals surface area (Å²) in [6.45, 7) is 2.33. The molecular formula is C13H15NO2S. The number of hydrogen-bond acceptors (Lipinski definition) is 2. The highest BCUT2D eigenvalue weighted by atomic mass is 32.2. The third kappa shape index (κ3) is 2.58. The highest BCUT2D eigenvalue weighted by molar-refractivity contribution is 7.89. The molecular weight excluding hydrogens is 234 g/mol. The smallest absolute Gasteiger partial charge is 0.264 e. The summed E-state index contributed by atoms with van der Waals surface area (Å²) in [5, 5.41) is 0. The summed E-state index contributed by atoms with van der Waals surface area (Å²) in [6.07, 6.45) is 8.08. The van der Waals surface area contributed by atoms with Crippen LogP contribution in [0.4, 0.5) is 0 Å². The van der Waals surface area contributed by atoms with Crippen molar-refractivity contribution >= 4 is 10.0 Å². The van der Waals surface area contributed by atoms with Gasteiger partial charge in [-0.1, -0.05) is 35.9 Å². The molecule has 0 bridgehead atoms. The normalized spacial score (nSPS) is 15.9. The highest BCUT2D eigenvalue weighted by Crippen LogP contribution is 2.17. The van der Waals surface area contributed by atoms with Crippen LogP contribution in [0, 0.1) is 6.92 Å². The van der Waals surface area contributed by atoms with Gasteiger partial charge in [0.1, 0.15) is 0 Å². The molecule has 0 saturated carbocycles. The molecule has 0 radical (unpaired) electrons. The van der Waals surface area contributed by atoms with Gasteiger partial charge in [0.2, 0.25) is 0 Å². The molecule has 1 aliphatic heterocycles. The molecule has 0 N–H and O–H groups in total. The molecule has 0 unspecified atom stereocenters. The van der Waals surface area contributed by atoms with Gasteiger partial charge in [0.15, 0.2) is 0 Å². The van der Waals surface area contributed by atoms with E-state index in [1.165, 1.54) is 4.31 Å². The molecule has 0 aromatic heterocycles. The minimum Gasteiger partial charge on any atom is -0.270 e. The molecule has 4 heteroatoms. The van der Waals surface area contributed by atoms with E-state index in [1.54, 1.807) is 18.3 Å². The Kier molecular flexibility index (Phi) is 3.33. The second kappa shape index (κ2) is 4.75. The Morgan fingerprint density at radius 1 is 1.06 bits per heavy atom. The van der Waals surface area contributed by atoms with Gasteiger partial charge in [-0.25, -0.2) is 8.42 Å². The van der Waals surface area contributed by atoms with Crippen LogP contribution in [0.15, 0.2) is 53.6 Å². The third-order valence-electron chi connectivity index (χ3n) is 2.62. The molecule has 0 aliphatic carbocycles. The number of rotatable bonds is 2. The fourth-order valence-electron chi connectivity index (χ4n) is 1.62. The van der Waals surface area contributed by atoms with Crippen molar-refractivity contribution in [3.8, 4) is 0 Å². The van der Waals surface area contributed by atoms with Gasteiger partial charge in [-0.2, -0.15) is 0 Å². The van der Waals surface area contributed by atoms with Gasteiger partial charge in [-0.05, 0) is 25.5 Å². The number of allylic oxidation sites excluding steroid dienone is 2. The van der Waals surface area contributed by atoms with Gasteiger partial charge in [0.25, 0.3) is 10.0 Å². The molecule has 2 rings (SSSR count). The lowest BCUT2D eigenvalue weighted by Crippen LogP contribution is -2.25. The molecule has 0 amide bonds. The maximum atomic E-state index is 12.3. The van der Waals surface area contributed by atoms with Crippen LogP contribution in [0.25, 0.3) is 0 Å². The van der Waals surface area contributed by atoms with E-state index in [0.717, 1.165) is 12.0 Å². The van der Waals surface area contributed by atoms with Gasteiger partial charge in [-0.15, -0.1) is 0 Å². The SMILES string of the molecule is Cc1ccc(S(=O)(=O)N2C=CCC=CC2)cc1. The lowest BCUT2D eigenvalue weighted by atomic mass is 10.2. The second-order valence-electron chi connectivity index (χ2n) is 3.98. The van der Waals surface area contributed by atoms with E-state index in [-0.39, 0.29) is 0 Å². The van der Waals surface area contributed by atoms with Crippen LogP contribution in [-0.2, 0) is 10.0 Å². The summed E-state index contributed by atoms with van der Waals surface area (Å²) >= 11 is 0. The zero-order chi connectivity index (χ0) is 12.3. The third-order valence-corrected chi connectivity index (χ3v) is 4.38. The summed E-state index contributed by atoms with van der Waals surface area (Å²) in [6, 6.07) is 6.91. The first kappa shape index (κ1) is 11.9. The maximum Gasteiger partial charge on any atom is 0.264 e. The molecule has 0 spiro atoms. The van der Waals surface area contributed by atoms with Crippen molar-refractivity contribution in [2.45, 2.75) is 18.2 Å². The van der Waals surface area contributed by atoms with Gasteiger partial charge >= 0.3 is 0 Å². The zero-order valence-corrected chi connectivity index (χ0v) is 10.5. The molecule has 1 heterocycles. The van der Waals surface area contributed by atoms with Gasteiger partial charge in [0, 0.05) is 6.20 Å². The van der Waals surface area contributed by atoms with Crippen LogP contribution in [0.1, 0.15) is 12.0 Å². The largest absolute Gasteiger partial charge is 0.270 e. The van der Waals surface area contributed by atoms with E-state index >= 15 is 0 Å². The fourth-order valence-corrected chi connectivity index (χ4v) is 2.90. The standard InChI is InChI=1S/C13H15NO2S/c1-12-6-8-13(9-7-12)17(15,16)14-10-4-2-3-5-11-14/h2,4-9,11H,3,10H2,1H3. The molecule has 90 valence electrons. The van der Waals surface area contributed by atoms with E-state index < -0.39 is 10.0 Å². The first-order valence-corrected chi connectivity index (χ1v) is 6.95. The maximum absolute atomic E-state index is 12.3.